The van der Waals surface area contributed by atoms with Crippen molar-refractivity contribution >= 4 is 38.8 Å². The molecule has 3 nitrogen and oxygen atoms in total. The summed E-state index contributed by atoms with van der Waals surface area (Å²) in [5, 5.41) is 0.948. The minimum Gasteiger partial charge on any atom is -1.00 e. The minimum absolute atomic E-state index is 0. The lowest BCUT2D eigenvalue weighted by Gasteiger charge is -2.22. The van der Waals surface area contributed by atoms with Gasteiger partial charge >= 0.3 is 0 Å². The maximum absolute atomic E-state index is 13.3. The predicted octanol–water partition coefficient (Wildman–Crippen LogP) is 2.05. The molecule has 0 saturated carbocycles. The first-order valence-corrected chi connectivity index (χ1v) is 9.50. The van der Waals surface area contributed by atoms with Crippen LogP contribution in [-0.2, 0) is 7.05 Å². The van der Waals surface area contributed by atoms with Crippen LogP contribution in [0.3, 0.4) is 0 Å². The van der Waals surface area contributed by atoms with Crippen LogP contribution < -0.4 is 21.9 Å². The Morgan fingerprint density at radius 2 is 1.46 bits per heavy atom. The molecule has 0 unspecified atom stereocenters. The van der Waals surface area contributed by atoms with Crippen molar-refractivity contribution in [2.24, 2.45) is 7.05 Å². The Morgan fingerprint density at radius 1 is 0.893 bits per heavy atom. The normalized spacial score (nSPS) is 10.3. The number of thiazole rings is 1. The quantitative estimate of drug-likeness (QED) is 0.476. The van der Waals surface area contributed by atoms with E-state index in [4.69, 9.17) is 0 Å². The van der Waals surface area contributed by atoms with Crippen molar-refractivity contribution in [1.29, 1.82) is 0 Å². The SMILES string of the molecule is C=C(c1sc2ccccc2[n+]1C)N(C(=O)c1ccccc1)c1ccccc1.[Cl-]. The molecular weight excluding hydrogens is 388 g/mol. The van der Waals surface area contributed by atoms with Gasteiger partial charge in [0.05, 0.1) is 0 Å². The molecule has 28 heavy (non-hydrogen) atoms. The van der Waals surface area contributed by atoms with Crippen molar-refractivity contribution in [2.45, 2.75) is 0 Å². The highest BCUT2D eigenvalue weighted by molar-refractivity contribution is 7.19. The van der Waals surface area contributed by atoms with Crippen molar-refractivity contribution in [1.82, 2.24) is 0 Å². The van der Waals surface area contributed by atoms with Crippen LogP contribution in [0.25, 0.3) is 15.9 Å². The number of hydrogen-bond acceptors (Lipinski definition) is 2. The summed E-state index contributed by atoms with van der Waals surface area (Å²) < 4.78 is 3.26. The van der Waals surface area contributed by atoms with E-state index in [1.54, 1.807) is 16.2 Å². The molecular formula is C23H19ClN2OS. The molecule has 0 N–H and O–H groups in total. The van der Waals surface area contributed by atoms with Crippen molar-refractivity contribution in [3.63, 3.8) is 0 Å². The lowest BCUT2D eigenvalue weighted by molar-refractivity contribution is -0.642. The first kappa shape index (κ1) is 19.8. The van der Waals surface area contributed by atoms with Crippen LogP contribution >= 0.6 is 11.3 Å². The molecule has 3 aromatic carbocycles. The summed E-state index contributed by atoms with van der Waals surface area (Å²) in [5.74, 6) is -0.0933. The number of benzene rings is 3. The van der Waals surface area contributed by atoms with Crippen molar-refractivity contribution < 1.29 is 21.8 Å². The molecule has 0 aliphatic rings. The van der Waals surface area contributed by atoms with E-state index in [-0.39, 0.29) is 18.3 Å². The molecule has 140 valence electrons. The molecule has 0 radical (unpaired) electrons. The van der Waals surface area contributed by atoms with Crippen LogP contribution in [-0.4, -0.2) is 5.91 Å². The highest BCUT2D eigenvalue weighted by Crippen LogP contribution is 2.30. The van der Waals surface area contributed by atoms with Gasteiger partial charge in [0.1, 0.15) is 17.4 Å². The van der Waals surface area contributed by atoms with Gasteiger partial charge in [0.2, 0.25) is 5.52 Å². The molecule has 0 aliphatic heterocycles. The fourth-order valence-corrected chi connectivity index (χ4v) is 4.24. The molecule has 0 atom stereocenters. The number of aromatic nitrogens is 1. The third kappa shape index (κ3) is 3.57. The van der Waals surface area contributed by atoms with Gasteiger partial charge in [-0.1, -0.05) is 66.4 Å². The van der Waals surface area contributed by atoms with Gasteiger partial charge in [-0.05, 0) is 30.3 Å². The smallest absolute Gasteiger partial charge is 0.286 e. The third-order valence-electron chi connectivity index (χ3n) is 4.49. The second kappa shape index (κ2) is 8.38. The van der Waals surface area contributed by atoms with E-state index in [9.17, 15) is 4.79 Å². The topological polar surface area (TPSA) is 24.2 Å². The zero-order chi connectivity index (χ0) is 18.8. The minimum atomic E-state index is -0.0933. The van der Waals surface area contributed by atoms with E-state index < -0.39 is 0 Å². The number of rotatable bonds is 4. The molecule has 0 spiro atoms. The summed E-state index contributed by atoms with van der Waals surface area (Å²) in [5.41, 5.74) is 3.22. The van der Waals surface area contributed by atoms with Crippen LogP contribution in [0.15, 0.2) is 91.5 Å². The first-order valence-electron chi connectivity index (χ1n) is 8.68. The Kier molecular flexibility index (Phi) is 5.93. The van der Waals surface area contributed by atoms with E-state index in [2.05, 4.69) is 23.3 Å². The Bertz CT molecular complexity index is 1120. The van der Waals surface area contributed by atoms with Crippen LogP contribution in [0.2, 0.25) is 0 Å². The van der Waals surface area contributed by atoms with Crippen LogP contribution in [0.1, 0.15) is 15.4 Å². The van der Waals surface area contributed by atoms with Gasteiger partial charge in [-0.25, -0.2) is 0 Å². The number of nitrogens with zero attached hydrogens (tertiary/aromatic N) is 2. The summed E-state index contributed by atoms with van der Waals surface area (Å²) in [6.07, 6.45) is 0. The molecule has 0 fully saturated rings. The van der Waals surface area contributed by atoms with Crippen LogP contribution in [0.5, 0.6) is 0 Å². The number of anilines is 1. The molecule has 0 bridgehead atoms. The number of carbonyl (C=O) groups excluding carboxylic acids is 1. The maximum atomic E-state index is 13.3. The highest BCUT2D eigenvalue weighted by atomic mass is 35.5. The first-order chi connectivity index (χ1) is 13.2. The van der Waals surface area contributed by atoms with E-state index in [1.165, 1.54) is 0 Å². The van der Waals surface area contributed by atoms with Gasteiger partial charge in [-0.3, -0.25) is 9.69 Å². The van der Waals surface area contributed by atoms with Crippen LogP contribution in [0, 0.1) is 0 Å². The number of carbonyl (C=O) groups is 1. The summed E-state index contributed by atoms with van der Waals surface area (Å²) in [6, 6.07) is 27.2. The lowest BCUT2D eigenvalue weighted by Crippen LogP contribution is -3.00. The second-order valence-corrected chi connectivity index (χ2v) is 7.25. The predicted molar refractivity (Wildman–Crippen MR) is 112 cm³/mol. The van der Waals surface area contributed by atoms with Gasteiger partial charge in [0.15, 0.2) is 0 Å². The molecule has 0 saturated heterocycles. The molecule has 4 rings (SSSR count). The zero-order valence-corrected chi connectivity index (χ0v) is 17.0. The van der Waals surface area contributed by atoms with E-state index >= 15 is 0 Å². The fourth-order valence-electron chi connectivity index (χ4n) is 3.13. The number of amides is 1. The average Bonchev–Trinajstić information content (AvgIpc) is 3.06. The molecule has 1 amide bonds. The van der Waals surface area contributed by atoms with E-state index in [1.807, 2.05) is 79.8 Å². The monoisotopic (exact) mass is 406 g/mol. The molecule has 0 aliphatic carbocycles. The van der Waals surface area contributed by atoms with Gasteiger partial charge in [0, 0.05) is 17.3 Å². The summed E-state index contributed by atoms with van der Waals surface area (Å²) >= 11 is 1.64. The number of hydrogen-bond donors (Lipinski definition) is 0. The number of halogens is 1. The number of aryl methyl sites for hydroxylation is 1. The fraction of sp³-hybridized carbons (Fsp3) is 0.0435. The Balaban J connectivity index is 0.00000225. The van der Waals surface area contributed by atoms with Crippen LogP contribution in [0.4, 0.5) is 5.69 Å². The van der Waals surface area contributed by atoms with Gasteiger partial charge in [-0.2, -0.15) is 4.57 Å². The van der Waals surface area contributed by atoms with Crippen molar-refractivity contribution in [2.75, 3.05) is 4.90 Å². The molecule has 1 aromatic heterocycles. The molecule has 1 heterocycles. The van der Waals surface area contributed by atoms with E-state index in [0.717, 1.165) is 20.9 Å². The second-order valence-electron chi connectivity index (χ2n) is 6.22. The molecule has 5 heteroatoms. The third-order valence-corrected chi connectivity index (χ3v) is 5.76. The Morgan fingerprint density at radius 3 is 2.11 bits per heavy atom. The number of para-hydroxylation sites is 2. The lowest BCUT2D eigenvalue weighted by atomic mass is 10.1. The highest BCUT2D eigenvalue weighted by Gasteiger charge is 2.28. The summed E-state index contributed by atoms with van der Waals surface area (Å²) in [7, 11) is 2.01. The van der Waals surface area contributed by atoms with Gasteiger partial charge in [-0.15, -0.1) is 0 Å². The van der Waals surface area contributed by atoms with Gasteiger partial charge < -0.3 is 12.4 Å². The van der Waals surface area contributed by atoms with Gasteiger partial charge in [0.25, 0.3) is 10.9 Å². The summed E-state index contributed by atoms with van der Waals surface area (Å²) in [4.78, 5) is 15.0. The average molecular weight is 407 g/mol. The van der Waals surface area contributed by atoms with Crippen molar-refractivity contribution in [3.8, 4) is 0 Å². The summed E-state index contributed by atoms with van der Waals surface area (Å²) in [6.45, 7) is 4.30. The standard InChI is InChI=1S/C23H19N2OS.ClH/c1-17(23-24(2)20-15-9-10-16-21(20)27-23)25(19-13-7-4-8-14-19)22(26)18-11-5-3-6-12-18;/h3-16H,1H2,2H3;1H/q+1;/p-1. The Labute approximate surface area is 174 Å². The van der Waals surface area contributed by atoms with E-state index in [0.29, 0.717) is 11.3 Å². The maximum Gasteiger partial charge on any atom is 0.286 e. The van der Waals surface area contributed by atoms with Crippen molar-refractivity contribution in [3.05, 3.63) is 102 Å². The molecule has 4 aromatic rings. The zero-order valence-electron chi connectivity index (χ0n) is 15.4. The Hall–Kier alpha value is -2.95. The largest absolute Gasteiger partial charge is 1.00 e. The number of fused-ring (bicyclic) bond motifs is 1.